The van der Waals surface area contributed by atoms with Crippen molar-refractivity contribution in [3.05, 3.63) is 56.2 Å². The van der Waals surface area contributed by atoms with Gasteiger partial charge in [0.15, 0.2) is 0 Å². The van der Waals surface area contributed by atoms with Crippen molar-refractivity contribution in [2.45, 2.75) is 6.92 Å². The third-order valence-electron chi connectivity index (χ3n) is 3.10. The lowest BCUT2D eigenvalue weighted by atomic mass is 10.0. The lowest BCUT2D eigenvalue weighted by Crippen LogP contribution is -2.24. The number of nitrogens with zero attached hydrogens (tertiary/aromatic N) is 1. The maximum Gasteiger partial charge on any atom is 0.231 e. The highest BCUT2D eigenvalue weighted by Crippen LogP contribution is 2.31. The molecular formula is C14H8Cl3N3O2. The molecule has 0 spiro atoms. The molecule has 5 nitrogen and oxygen atoms in total. The Morgan fingerprint density at radius 2 is 1.86 bits per heavy atom. The van der Waals surface area contributed by atoms with Gasteiger partial charge in [-0.2, -0.15) is 0 Å². The number of carbonyl (C=O) groups is 2. The average molecular weight is 357 g/mol. The van der Waals surface area contributed by atoms with Crippen LogP contribution in [0.5, 0.6) is 0 Å². The van der Waals surface area contributed by atoms with Crippen LogP contribution < -0.4 is 5.32 Å². The summed E-state index contributed by atoms with van der Waals surface area (Å²) in [5.41, 5.74) is 0.491. The maximum absolute atomic E-state index is 12.5. The summed E-state index contributed by atoms with van der Waals surface area (Å²) in [5, 5.41) is 3.32. The number of benzene rings is 1. The van der Waals surface area contributed by atoms with Crippen LogP contribution in [-0.4, -0.2) is 21.5 Å². The van der Waals surface area contributed by atoms with E-state index in [-0.39, 0.29) is 22.1 Å². The zero-order valence-corrected chi connectivity index (χ0v) is 13.4. The minimum atomic E-state index is -0.496. The Morgan fingerprint density at radius 3 is 2.55 bits per heavy atom. The smallest absolute Gasteiger partial charge is 0.231 e. The Labute approximate surface area is 140 Å². The van der Waals surface area contributed by atoms with Crippen LogP contribution in [-0.2, 0) is 0 Å². The van der Waals surface area contributed by atoms with Crippen molar-refractivity contribution >= 4 is 52.1 Å². The van der Waals surface area contributed by atoms with Crippen molar-refractivity contribution in [2.75, 3.05) is 5.32 Å². The Balaban J connectivity index is 2.04. The number of hydrogen-bond donors (Lipinski definition) is 2. The van der Waals surface area contributed by atoms with Gasteiger partial charge in [0, 0.05) is 5.02 Å². The number of anilines is 1. The van der Waals surface area contributed by atoms with E-state index in [0.717, 1.165) is 0 Å². The maximum atomic E-state index is 12.5. The topological polar surface area (TPSA) is 74.8 Å². The molecule has 8 heteroatoms. The Kier molecular flexibility index (Phi) is 3.72. The molecule has 1 aromatic heterocycles. The van der Waals surface area contributed by atoms with Gasteiger partial charge in [-0.3, -0.25) is 9.59 Å². The summed E-state index contributed by atoms with van der Waals surface area (Å²) in [6.07, 6.45) is 0. The second kappa shape index (κ2) is 5.43. The number of allylic oxidation sites excluding steroid dienone is 2. The van der Waals surface area contributed by atoms with Crippen LogP contribution in [0.4, 0.5) is 5.69 Å². The number of imidazole rings is 1. The first-order chi connectivity index (χ1) is 10.4. The first kappa shape index (κ1) is 15.1. The van der Waals surface area contributed by atoms with E-state index in [1.54, 1.807) is 19.1 Å². The molecule has 0 radical (unpaired) electrons. The van der Waals surface area contributed by atoms with Crippen molar-refractivity contribution in [1.82, 2.24) is 9.97 Å². The van der Waals surface area contributed by atoms with Crippen LogP contribution in [0.1, 0.15) is 26.8 Å². The predicted octanol–water partition coefficient (Wildman–Crippen LogP) is 3.97. The van der Waals surface area contributed by atoms with Crippen LogP contribution in [0.3, 0.4) is 0 Å². The quantitative estimate of drug-likeness (QED) is 0.854. The summed E-state index contributed by atoms with van der Waals surface area (Å²) < 4.78 is 0. The second-order valence-corrected chi connectivity index (χ2v) is 5.86. The number of aryl methyl sites for hydroxylation is 1. The number of fused-ring (bicyclic) bond motifs is 1. The molecule has 0 aliphatic heterocycles. The van der Waals surface area contributed by atoms with Gasteiger partial charge in [-0.05, 0) is 25.1 Å². The molecule has 1 aliphatic carbocycles. The first-order valence-corrected chi connectivity index (χ1v) is 7.29. The van der Waals surface area contributed by atoms with E-state index in [0.29, 0.717) is 21.6 Å². The van der Waals surface area contributed by atoms with Gasteiger partial charge in [0.05, 0.1) is 10.7 Å². The van der Waals surface area contributed by atoms with Gasteiger partial charge in [0.1, 0.15) is 27.9 Å². The molecule has 1 aliphatic rings. The number of aromatic nitrogens is 2. The van der Waals surface area contributed by atoms with Gasteiger partial charge in [-0.25, -0.2) is 4.98 Å². The van der Waals surface area contributed by atoms with E-state index < -0.39 is 11.6 Å². The minimum Gasteiger partial charge on any atom is -0.350 e. The molecular weight excluding hydrogens is 349 g/mol. The molecule has 3 rings (SSSR count). The van der Waals surface area contributed by atoms with E-state index in [1.807, 2.05) is 0 Å². The number of H-pyrrole nitrogens is 1. The standard InChI is InChI=1S/C14H8Cl3N3O2/c1-5-18-11-12(19-5)14(22)10(9(17)13(11)21)20-8-3-2-6(15)4-7(8)16/h2-4,20H,1H3,(H,18,19). The van der Waals surface area contributed by atoms with Crippen molar-refractivity contribution < 1.29 is 9.59 Å². The number of nitrogens with one attached hydrogen (secondary N) is 2. The van der Waals surface area contributed by atoms with Crippen LogP contribution in [0.15, 0.2) is 28.9 Å². The van der Waals surface area contributed by atoms with Crippen LogP contribution in [0, 0.1) is 6.92 Å². The fourth-order valence-electron chi connectivity index (χ4n) is 2.10. The average Bonchev–Trinajstić information content (AvgIpc) is 2.85. The number of rotatable bonds is 2. The number of ketones is 2. The molecule has 112 valence electrons. The largest absolute Gasteiger partial charge is 0.350 e. The summed E-state index contributed by atoms with van der Waals surface area (Å²) in [6.45, 7) is 1.65. The van der Waals surface area contributed by atoms with E-state index in [9.17, 15) is 9.59 Å². The molecule has 2 N–H and O–H groups in total. The lowest BCUT2D eigenvalue weighted by molar-refractivity contribution is 0.0977. The van der Waals surface area contributed by atoms with Crippen LogP contribution >= 0.6 is 34.8 Å². The zero-order valence-electron chi connectivity index (χ0n) is 11.1. The molecule has 0 bridgehead atoms. The second-order valence-electron chi connectivity index (χ2n) is 4.64. The predicted molar refractivity (Wildman–Crippen MR) is 84.9 cm³/mol. The highest BCUT2D eigenvalue weighted by Gasteiger charge is 2.34. The lowest BCUT2D eigenvalue weighted by Gasteiger charge is -2.16. The van der Waals surface area contributed by atoms with Gasteiger partial charge < -0.3 is 10.3 Å². The minimum absolute atomic E-state index is 0.0412. The van der Waals surface area contributed by atoms with Crippen LogP contribution in [0.2, 0.25) is 10.0 Å². The zero-order chi connectivity index (χ0) is 16.0. The number of carbonyl (C=O) groups excluding carboxylic acids is 2. The SMILES string of the molecule is Cc1nc2c([nH]1)C(=O)C(Cl)=C(Nc1ccc(Cl)cc1Cl)C2=O. The number of hydrogen-bond acceptors (Lipinski definition) is 4. The normalized spacial score (nSPS) is 14.4. The molecule has 1 aromatic carbocycles. The third kappa shape index (κ3) is 2.41. The van der Waals surface area contributed by atoms with Gasteiger partial charge in [-0.15, -0.1) is 0 Å². The molecule has 0 fully saturated rings. The number of halogens is 3. The van der Waals surface area contributed by atoms with Gasteiger partial charge in [-0.1, -0.05) is 34.8 Å². The van der Waals surface area contributed by atoms with Crippen molar-refractivity contribution in [3.8, 4) is 0 Å². The third-order valence-corrected chi connectivity index (χ3v) is 4.01. The molecule has 2 aromatic rings. The summed E-state index contributed by atoms with van der Waals surface area (Å²) in [7, 11) is 0. The Morgan fingerprint density at radius 1 is 1.14 bits per heavy atom. The molecule has 0 amide bonds. The molecule has 0 unspecified atom stereocenters. The van der Waals surface area contributed by atoms with E-state index >= 15 is 0 Å². The molecule has 0 saturated carbocycles. The number of Topliss-reactive ketones (excluding diaryl/α,β-unsaturated/α-hetero) is 2. The molecule has 1 heterocycles. The fourth-order valence-corrected chi connectivity index (χ4v) is 2.78. The summed E-state index contributed by atoms with van der Waals surface area (Å²) in [6, 6.07) is 4.70. The summed E-state index contributed by atoms with van der Waals surface area (Å²) in [4.78, 5) is 31.4. The highest BCUT2D eigenvalue weighted by molar-refractivity contribution is 6.50. The fraction of sp³-hybridized carbons (Fsp3) is 0.0714. The number of aromatic amines is 1. The Bertz CT molecular complexity index is 855. The van der Waals surface area contributed by atoms with Crippen molar-refractivity contribution in [2.24, 2.45) is 0 Å². The first-order valence-electron chi connectivity index (χ1n) is 6.16. The molecule has 22 heavy (non-hydrogen) atoms. The van der Waals surface area contributed by atoms with Gasteiger partial charge in [0.2, 0.25) is 11.6 Å². The van der Waals surface area contributed by atoms with E-state index in [2.05, 4.69) is 15.3 Å². The van der Waals surface area contributed by atoms with Crippen molar-refractivity contribution in [3.63, 3.8) is 0 Å². The Hall–Kier alpha value is -1.82. The van der Waals surface area contributed by atoms with Gasteiger partial charge >= 0.3 is 0 Å². The monoisotopic (exact) mass is 355 g/mol. The summed E-state index contributed by atoms with van der Waals surface area (Å²) in [5.74, 6) is -0.513. The summed E-state index contributed by atoms with van der Waals surface area (Å²) >= 11 is 17.9. The van der Waals surface area contributed by atoms with Gasteiger partial charge in [0.25, 0.3) is 0 Å². The van der Waals surface area contributed by atoms with Crippen LogP contribution in [0.25, 0.3) is 0 Å². The van der Waals surface area contributed by atoms with E-state index in [1.165, 1.54) is 6.07 Å². The van der Waals surface area contributed by atoms with E-state index in [4.69, 9.17) is 34.8 Å². The highest BCUT2D eigenvalue weighted by atomic mass is 35.5. The van der Waals surface area contributed by atoms with Crippen molar-refractivity contribution in [1.29, 1.82) is 0 Å². The molecule has 0 atom stereocenters. The molecule has 0 saturated heterocycles.